The summed E-state index contributed by atoms with van der Waals surface area (Å²) < 4.78 is 5.50. The maximum absolute atomic E-state index is 12.1. The molecule has 2 fully saturated rings. The molecule has 2 aliphatic rings. The standard InChI is InChI=1S/C14H23NO4/c1-14(13(17)18)7-3-8-15(10-14)12(16)6-5-11-4-2-9-19-11/h11H,2-10H2,1H3,(H,17,18). The Morgan fingerprint density at radius 1 is 1.42 bits per heavy atom. The highest BCUT2D eigenvalue weighted by Crippen LogP contribution is 2.30. The van der Waals surface area contributed by atoms with Crippen LogP contribution < -0.4 is 0 Å². The molecule has 0 saturated carbocycles. The van der Waals surface area contributed by atoms with E-state index < -0.39 is 11.4 Å². The molecule has 2 unspecified atom stereocenters. The van der Waals surface area contributed by atoms with Crippen molar-refractivity contribution in [1.29, 1.82) is 0 Å². The average Bonchev–Trinajstić information content (AvgIpc) is 2.89. The number of carbonyl (C=O) groups is 2. The van der Waals surface area contributed by atoms with Crippen LogP contribution in [-0.4, -0.2) is 47.7 Å². The van der Waals surface area contributed by atoms with Crippen LogP contribution in [0.5, 0.6) is 0 Å². The maximum Gasteiger partial charge on any atom is 0.311 e. The zero-order valence-corrected chi connectivity index (χ0v) is 11.6. The molecule has 0 bridgehead atoms. The molecule has 0 aromatic rings. The molecular formula is C14H23NO4. The number of aliphatic carboxylic acids is 1. The Morgan fingerprint density at radius 2 is 2.21 bits per heavy atom. The minimum atomic E-state index is -0.802. The first-order chi connectivity index (χ1) is 9.01. The Bertz CT molecular complexity index is 351. The van der Waals surface area contributed by atoms with Gasteiger partial charge in [0, 0.05) is 26.1 Å². The van der Waals surface area contributed by atoms with Gasteiger partial charge in [0.25, 0.3) is 0 Å². The minimum absolute atomic E-state index is 0.0719. The molecule has 0 aromatic carbocycles. The molecule has 0 radical (unpaired) electrons. The van der Waals surface area contributed by atoms with E-state index in [0.717, 1.165) is 32.3 Å². The first kappa shape index (κ1) is 14.3. The molecule has 5 nitrogen and oxygen atoms in total. The van der Waals surface area contributed by atoms with Gasteiger partial charge in [-0.2, -0.15) is 0 Å². The van der Waals surface area contributed by atoms with Crippen LogP contribution in [0.2, 0.25) is 0 Å². The third-order valence-electron chi connectivity index (χ3n) is 4.27. The maximum atomic E-state index is 12.1. The van der Waals surface area contributed by atoms with Gasteiger partial charge in [-0.3, -0.25) is 9.59 Å². The highest BCUT2D eigenvalue weighted by Gasteiger charge is 2.39. The van der Waals surface area contributed by atoms with E-state index >= 15 is 0 Å². The first-order valence-electron chi connectivity index (χ1n) is 7.14. The summed E-state index contributed by atoms with van der Waals surface area (Å²) in [5, 5.41) is 9.24. The normalized spacial score (nSPS) is 31.4. The summed E-state index contributed by atoms with van der Waals surface area (Å²) in [7, 11) is 0. The Balaban J connectivity index is 1.83. The van der Waals surface area contributed by atoms with Crippen molar-refractivity contribution in [1.82, 2.24) is 4.90 Å². The highest BCUT2D eigenvalue weighted by atomic mass is 16.5. The van der Waals surface area contributed by atoms with Crippen molar-refractivity contribution in [2.24, 2.45) is 5.41 Å². The van der Waals surface area contributed by atoms with E-state index in [1.807, 2.05) is 0 Å². The second-order valence-corrected chi connectivity index (χ2v) is 5.96. The van der Waals surface area contributed by atoms with Crippen LogP contribution in [0, 0.1) is 5.41 Å². The van der Waals surface area contributed by atoms with Crippen molar-refractivity contribution >= 4 is 11.9 Å². The monoisotopic (exact) mass is 269 g/mol. The molecule has 108 valence electrons. The second-order valence-electron chi connectivity index (χ2n) is 5.96. The van der Waals surface area contributed by atoms with Crippen molar-refractivity contribution in [2.45, 2.75) is 51.6 Å². The predicted octanol–water partition coefficient (Wildman–Crippen LogP) is 1.66. The van der Waals surface area contributed by atoms with Crippen molar-refractivity contribution in [3.05, 3.63) is 0 Å². The van der Waals surface area contributed by atoms with Crippen LogP contribution in [0.15, 0.2) is 0 Å². The molecule has 19 heavy (non-hydrogen) atoms. The fraction of sp³-hybridized carbons (Fsp3) is 0.857. The Labute approximate surface area is 113 Å². The molecule has 2 saturated heterocycles. The van der Waals surface area contributed by atoms with Gasteiger partial charge >= 0.3 is 5.97 Å². The van der Waals surface area contributed by atoms with Gasteiger partial charge in [0.1, 0.15) is 0 Å². The van der Waals surface area contributed by atoms with E-state index in [9.17, 15) is 14.7 Å². The lowest BCUT2D eigenvalue weighted by Gasteiger charge is -2.37. The molecule has 0 spiro atoms. The summed E-state index contributed by atoms with van der Waals surface area (Å²) in [5.74, 6) is -0.730. The molecule has 2 rings (SSSR count). The summed E-state index contributed by atoms with van der Waals surface area (Å²) in [5.41, 5.74) is -0.780. The number of nitrogens with zero attached hydrogens (tertiary/aromatic N) is 1. The van der Waals surface area contributed by atoms with Gasteiger partial charge in [-0.15, -0.1) is 0 Å². The quantitative estimate of drug-likeness (QED) is 0.843. The highest BCUT2D eigenvalue weighted by molar-refractivity contribution is 5.79. The van der Waals surface area contributed by atoms with E-state index in [-0.39, 0.29) is 12.0 Å². The number of ether oxygens (including phenoxy) is 1. The summed E-state index contributed by atoms with van der Waals surface area (Å²) in [6.45, 7) is 3.56. The van der Waals surface area contributed by atoms with Gasteiger partial charge in [-0.05, 0) is 39.0 Å². The van der Waals surface area contributed by atoms with Crippen LogP contribution in [-0.2, 0) is 14.3 Å². The Hall–Kier alpha value is -1.10. The molecule has 1 amide bonds. The molecule has 0 aliphatic carbocycles. The Morgan fingerprint density at radius 3 is 2.84 bits per heavy atom. The summed E-state index contributed by atoms with van der Waals surface area (Å²) >= 11 is 0. The molecule has 5 heteroatoms. The summed E-state index contributed by atoms with van der Waals surface area (Å²) in [6.07, 6.45) is 5.01. The van der Waals surface area contributed by atoms with Crippen LogP contribution >= 0.6 is 0 Å². The number of carboxylic acids is 1. The number of rotatable bonds is 4. The van der Waals surface area contributed by atoms with Gasteiger partial charge in [-0.25, -0.2) is 0 Å². The second kappa shape index (κ2) is 5.90. The van der Waals surface area contributed by atoms with E-state index in [1.165, 1.54) is 0 Å². The van der Waals surface area contributed by atoms with Crippen molar-refractivity contribution in [3.63, 3.8) is 0 Å². The lowest BCUT2D eigenvalue weighted by Crippen LogP contribution is -2.48. The van der Waals surface area contributed by atoms with Crippen LogP contribution in [0.3, 0.4) is 0 Å². The number of amides is 1. The minimum Gasteiger partial charge on any atom is -0.481 e. The lowest BCUT2D eigenvalue weighted by atomic mass is 9.82. The fourth-order valence-electron chi connectivity index (χ4n) is 2.94. The molecule has 2 aliphatic heterocycles. The predicted molar refractivity (Wildman–Crippen MR) is 69.8 cm³/mol. The van der Waals surface area contributed by atoms with Crippen molar-refractivity contribution in [3.8, 4) is 0 Å². The number of piperidine rings is 1. The zero-order valence-electron chi connectivity index (χ0n) is 11.6. The van der Waals surface area contributed by atoms with Gasteiger partial charge < -0.3 is 14.7 Å². The van der Waals surface area contributed by atoms with Crippen LogP contribution in [0.25, 0.3) is 0 Å². The van der Waals surface area contributed by atoms with Gasteiger partial charge in [0.15, 0.2) is 0 Å². The third-order valence-corrected chi connectivity index (χ3v) is 4.27. The van der Waals surface area contributed by atoms with Gasteiger partial charge in [-0.1, -0.05) is 0 Å². The van der Waals surface area contributed by atoms with Gasteiger partial charge in [0.2, 0.25) is 5.91 Å². The fourth-order valence-corrected chi connectivity index (χ4v) is 2.94. The molecule has 2 atom stereocenters. The number of carbonyl (C=O) groups excluding carboxylic acids is 1. The van der Waals surface area contributed by atoms with E-state index in [4.69, 9.17) is 4.74 Å². The third kappa shape index (κ3) is 3.47. The largest absolute Gasteiger partial charge is 0.481 e. The number of likely N-dealkylation sites (tertiary alicyclic amines) is 1. The smallest absolute Gasteiger partial charge is 0.311 e. The van der Waals surface area contributed by atoms with Crippen LogP contribution in [0.4, 0.5) is 0 Å². The molecular weight excluding hydrogens is 246 g/mol. The topological polar surface area (TPSA) is 66.8 Å². The molecule has 0 aromatic heterocycles. The van der Waals surface area contributed by atoms with Crippen molar-refractivity contribution in [2.75, 3.05) is 19.7 Å². The number of hydrogen-bond donors (Lipinski definition) is 1. The van der Waals surface area contributed by atoms with Gasteiger partial charge in [0.05, 0.1) is 11.5 Å². The number of carboxylic acid groups (broad SMARTS) is 1. The van der Waals surface area contributed by atoms with E-state index in [1.54, 1.807) is 11.8 Å². The Kier molecular flexibility index (Phi) is 4.45. The summed E-state index contributed by atoms with van der Waals surface area (Å²) in [6, 6.07) is 0. The first-order valence-corrected chi connectivity index (χ1v) is 7.14. The number of hydrogen-bond acceptors (Lipinski definition) is 3. The van der Waals surface area contributed by atoms with E-state index in [0.29, 0.717) is 25.9 Å². The average molecular weight is 269 g/mol. The van der Waals surface area contributed by atoms with E-state index in [2.05, 4.69) is 0 Å². The molecule has 1 N–H and O–H groups in total. The lowest BCUT2D eigenvalue weighted by molar-refractivity contribution is -0.153. The zero-order chi connectivity index (χ0) is 13.9. The summed E-state index contributed by atoms with van der Waals surface area (Å²) in [4.78, 5) is 25.1. The SMILES string of the molecule is CC1(C(=O)O)CCCN(C(=O)CCC2CCCO2)C1. The van der Waals surface area contributed by atoms with Crippen LogP contribution in [0.1, 0.15) is 45.4 Å². The molecule has 2 heterocycles. The van der Waals surface area contributed by atoms with Crippen molar-refractivity contribution < 1.29 is 19.4 Å².